The summed E-state index contributed by atoms with van der Waals surface area (Å²) in [6, 6.07) is 4.66. The molecular formula is C17H17F5N2O3S. The van der Waals surface area contributed by atoms with Crippen LogP contribution in [0.2, 0.25) is 0 Å². The summed E-state index contributed by atoms with van der Waals surface area (Å²) in [7, 11) is -4.16. The summed E-state index contributed by atoms with van der Waals surface area (Å²) in [5.41, 5.74) is -1.36. The molecule has 2 unspecified atom stereocenters. The molecule has 2 atom stereocenters. The molecule has 2 heterocycles. The number of halogens is 5. The van der Waals surface area contributed by atoms with Gasteiger partial charge in [0.05, 0.1) is 20.9 Å². The zero-order chi connectivity index (χ0) is 20.7. The lowest BCUT2D eigenvalue weighted by molar-refractivity contribution is -0.137. The van der Waals surface area contributed by atoms with Crippen molar-refractivity contribution in [3.8, 4) is 0 Å². The first-order valence-corrected chi connectivity index (χ1v) is 9.79. The van der Waals surface area contributed by atoms with Crippen molar-refractivity contribution in [2.24, 2.45) is 0 Å². The van der Waals surface area contributed by atoms with Crippen LogP contribution in [-0.2, 0) is 20.8 Å². The van der Waals surface area contributed by atoms with E-state index in [0.29, 0.717) is 6.07 Å². The molecule has 1 N–H and O–H groups in total. The second-order valence-corrected chi connectivity index (χ2v) is 9.31. The Kier molecular flexibility index (Phi) is 5.26. The molecule has 0 radical (unpaired) electrons. The molecule has 0 spiro atoms. The molecule has 154 valence electrons. The van der Waals surface area contributed by atoms with Crippen LogP contribution in [0.1, 0.15) is 49.2 Å². The first-order valence-electron chi connectivity index (χ1n) is 8.31. The predicted octanol–water partition coefficient (Wildman–Crippen LogP) is 4.45. The maximum atomic E-state index is 13.1. The topological polar surface area (TPSA) is 72.1 Å². The fourth-order valence-corrected chi connectivity index (χ4v) is 5.00. The van der Waals surface area contributed by atoms with Crippen molar-refractivity contribution in [1.82, 2.24) is 10.2 Å². The van der Waals surface area contributed by atoms with Gasteiger partial charge in [-0.25, -0.2) is 17.2 Å². The van der Waals surface area contributed by atoms with Crippen LogP contribution >= 0.6 is 0 Å². The third-order valence-corrected chi connectivity index (χ3v) is 7.42. The number of aromatic nitrogens is 2. The van der Waals surface area contributed by atoms with Crippen LogP contribution < -0.4 is 0 Å². The van der Waals surface area contributed by atoms with Crippen molar-refractivity contribution in [3.63, 3.8) is 0 Å². The van der Waals surface area contributed by atoms with Gasteiger partial charge in [0, 0.05) is 6.61 Å². The van der Waals surface area contributed by atoms with E-state index in [1.165, 1.54) is 6.92 Å². The minimum atomic E-state index is -4.67. The van der Waals surface area contributed by atoms with E-state index in [9.17, 15) is 30.4 Å². The fourth-order valence-electron chi connectivity index (χ4n) is 3.17. The van der Waals surface area contributed by atoms with E-state index in [-0.39, 0.29) is 25.1 Å². The maximum absolute atomic E-state index is 13.1. The molecule has 5 nitrogen and oxygen atoms in total. The molecule has 0 amide bonds. The molecule has 0 aliphatic carbocycles. The highest BCUT2D eigenvalue weighted by atomic mass is 32.2. The number of nitrogens with one attached hydrogen (secondary N) is 1. The summed E-state index contributed by atoms with van der Waals surface area (Å²) in [5, 5.41) is 5.88. The van der Waals surface area contributed by atoms with E-state index >= 15 is 0 Å². The number of nitrogens with zero attached hydrogens (tertiary/aromatic N) is 1. The lowest BCUT2D eigenvalue weighted by atomic mass is 9.95. The van der Waals surface area contributed by atoms with Crippen molar-refractivity contribution in [2.45, 2.75) is 48.1 Å². The van der Waals surface area contributed by atoms with Gasteiger partial charge in [-0.05, 0) is 44.0 Å². The van der Waals surface area contributed by atoms with Gasteiger partial charge in [-0.15, -0.1) is 0 Å². The Morgan fingerprint density at radius 1 is 1.29 bits per heavy atom. The molecule has 28 heavy (non-hydrogen) atoms. The van der Waals surface area contributed by atoms with Crippen LogP contribution in [0.25, 0.3) is 0 Å². The lowest BCUT2D eigenvalue weighted by Gasteiger charge is -2.37. The SMILES string of the molecule is CC1(S(=O)(=O)c2cccc(C(F)(F)F)c2)CCOC(c2cc(C(F)F)n[nH]2)C1. The minimum absolute atomic E-state index is 0.00237. The van der Waals surface area contributed by atoms with E-state index in [0.717, 1.165) is 24.3 Å². The Morgan fingerprint density at radius 2 is 2.00 bits per heavy atom. The Labute approximate surface area is 157 Å². The van der Waals surface area contributed by atoms with Gasteiger partial charge < -0.3 is 4.74 Å². The zero-order valence-corrected chi connectivity index (χ0v) is 15.4. The molecule has 1 fully saturated rings. The number of benzene rings is 1. The van der Waals surface area contributed by atoms with Crippen molar-refractivity contribution < 1.29 is 35.1 Å². The Morgan fingerprint density at radius 3 is 2.61 bits per heavy atom. The number of hydrogen-bond donors (Lipinski definition) is 1. The lowest BCUT2D eigenvalue weighted by Crippen LogP contribution is -2.42. The van der Waals surface area contributed by atoms with Crippen LogP contribution in [-0.4, -0.2) is 30.0 Å². The summed E-state index contributed by atoms with van der Waals surface area (Å²) in [6.07, 6.45) is -8.38. The van der Waals surface area contributed by atoms with Gasteiger partial charge in [0.25, 0.3) is 6.43 Å². The molecule has 1 aliphatic heterocycles. The second-order valence-electron chi connectivity index (χ2n) is 6.84. The van der Waals surface area contributed by atoms with E-state index in [1.54, 1.807) is 0 Å². The monoisotopic (exact) mass is 424 g/mol. The van der Waals surface area contributed by atoms with Gasteiger partial charge in [0.1, 0.15) is 11.8 Å². The molecule has 1 saturated heterocycles. The van der Waals surface area contributed by atoms with Gasteiger partial charge in [-0.1, -0.05) is 6.07 Å². The standard InChI is InChI=1S/C17H17F5N2O3S/c1-16(28(25,26)11-4-2-3-10(7-11)17(20,21)22)5-6-27-14(9-16)12-8-13(15(18)19)24-23-12/h2-4,7-8,14-15H,5-6,9H2,1H3,(H,23,24). The fraction of sp³-hybridized carbons (Fsp3) is 0.471. The average Bonchev–Trinajstić information content (AvgIpc) is 3.11. The largest absolute Gasteiger partial charge is 0.416 e. The Hall–Kier alpha value is -2.01. The van der Waals surface area contributed by atoms with Crippen molar-refractivity contribution >= 4 is 9.84 Å². The summed E-state index contributed by atoms with van der Waals surface area (Å²) in [6.45, 7) is 1.42. The molecule has 1 aromatic carbocycles. The molecule has 0 bridgehead atoms. The first kappa shape index (κ1) is 20.7. The number of H-pyrrole nitrogens is 1. The number of ether oxygens (including phenoxy) is 1. The highest BCUT2D eigenvalue weighted by Crippen LogP contribution is 2.42. The number of sulfone groups is 1. The van der Waals surface area contributed by atoms with E-state index < -0.39 is 49.4 Å². The molecular weight excluding hydrogens is 407 g/mol. The minimum Gasteiger partial charge on any atom is -0.372 e. The summed E-state index contributed by atoms with van der Waals surface area (Å²) in [5.74, 6) is 0. The quantitative estimate of drug-likeness (QED) is 0.736. The summed E-state index contributed by atoms with van der Waals surface area (Å²) >= 11 is 0. The highest BCUT2D eigenvalue weighted by molar-refractivity contribution is 7.92. The number of aromatic amines is 1. The van der Waals surface area contributed by atoms with Crippen molar-refractivity contribution in [2.75, 3.05) is 6.61 Å². The maximum Gasteiger partial charge on any atom is 0.416 e. The molecule has 1 aliphatic rings. The molecule has 3 rings (SSSR count). The smallest absolute Gasteiger partial charge is 0.372 e. The molecule has 0 saturated carbocycles. The van der Waals surface area contributed by atoms with Crippen molar-refractivity contribution in [3.05, 3.63) is 47.3 Å². The Bertz CT molecular complexity index is 958. The Balaban J connectivity index is 1.92. The van der Waals surface area contributed by atoms with Gasteiger partial charge in [-0.3, -0.25) is 5.10 Å². The second kappa shape index (κ2) is 7.11. The third kappa shape index (κ3) is 3.77. The van der Waals surface area contributed by atoms with Crippen LogP contribution in [0, 0.1) is 0 Å². The average molecular weight is 424 g/mol. The van der Waals surface area contributed by atoms with Gasteiger partial charge in [-0.2, -0.15) is 18.3 Å². The first-order chi connectivity index (χ1) is 12.9. The van der Waals surface area contributed by atoms with Gasteiger partial charge in [0.15, 0.2) is 9.84 Å². The van der Waals surface area contributed by atoms with E-state index in [2.05, 4.69) is 10.2 Å². The van der Waals surface area contributed by atoms with Crippen molar-refractivity contribution in [1.29, 1.82) is 0 Å². The highest BCUT2D eigenvalue weighted by Gasteiger charge is 2.46. The zero-order valence-electron chi connectivity index (χ0n) is 14.6. The summed E-state index contributed by atoms with van der Waals surface area (Å²) < 4.78 is 94.6. The van der Waals surface area contributed by atoms with E-state index in [4.69, 9.17) is 4.74 Å². The summed E-state index contributed by atoms with van der Waals surface area (Å²) in [4.78, 5) is -0.441. The van der Waals surface area contributed by atoms with Crippen LogP contribution in [0.5, 0.6) is 0 Å². The number of rotatable bonds is 4. The molecule has 11 heteroatoms. The van der Waals surface area contributed by atoms with E-state index in [1.807, 2.05) is 0 Å². The molecule has 2 aromatic rings. The van der Waals surface area contributed by atoms with Crippen LogP contribution in [0.3, 0.4) is 0 Å². The number of alkyl halides is 5. The normalized spacial score (nSPS) is 23.9. The number of hydrogen-bond acceptors (Lipinski definition) is 4. The van der Waals surface area contributed by atoms with Gasteiger partial charge >= 0.3 is 6.18 Å². The molecule has 1 aromatic heterocycles. The predicted molar refractivity (Wildman–Crippen MR) is 88.5 cm³/mol. The van der Waals surface area contributed by atoms with Gasteiger partial charge in [0.2, 0.25) is 0 Å². The van der Waals surface area contributed by atoms with Crippen LogP contribution in [0.15, 0.2) is 35.2 Å². The third-order valence-electron chi connectivity index (χ3n) is 4.88. The van der Waals surface area contributed by atoms with Crippen LogP contribution in [0.4, 0.5) is 22.0 Å².